The van der Waals surface area contributed by atoms with E-state index in [9.17, 15) is 13.2 Å². The van der Waals surface area contributed by atoms with Crippen LogP contribution >= 0.6 is 0 Å². The molecule has 0 spiro atoms. The van der Waals surface area contributed by atoms with Gasteiger partial charge in [-0.2, -0.15) is 13.2 Å². The van der Waals surface area contributed by atoms with Gasteiger partial charge in [0.1, 0.15) is 12.1 Å². The average Bonchev–Trinajstić information content (AvgIpc) is 2.56. The Kier molecular flexibility index (Phi) is 3.92. The van der Waals surface area contributed by atoms with Gasteiger partial charge in [0.15, 0.2) is 0 Å². The van der Waals surface area contributed by atoms with Crippen LogP contribution < -0.4 is 5.32 Å². The fourth-order valence-corrected chi connectivity index (χ4v) is 2.00. The lowest BCUT2D eigenvalue weighted by atomic mass is 10.2. The first-order valence-corrected chi connectivity index (χ1v) is 6.69. The molecule has 0 unspecified atom stereocenters. The molecule has 116 valence electrons. The molecule has 1 aromatic carbocycles. The van der Waals surface area contributed by atoms with E-state index in [4.69, 9.17) is 0 Å². The van der Waals surface area contributed by atoms with Crippen LogP contribution in [0.1, 0.15) is 5.56 Å². The predicted molar refractivity (Wildman–Crippen MR) is 80.0 cm³/mol. The molecule has 3 aromatic rings. The van der Waals surface area contributed by atoms with Crippen molar-refractivity contribution >= 4 is 11.5 Å². The lowest BCUT2D eigenvalue weighted by Crippen LogP contribution is -2.04. The third kappa shape index (κ3) is 3.63. The molecule has 0 bridgehead atoms. The summed E-state index contributed by atoms with van der Waals surface area (Å²) in [5.41, 5.74) is 1.38. The van der Waals surface area contributed by atoms with E-state index in [1.54, 1.807) is 18.5 Å². The zero-order chi connectivity index (χ0) is 16.3. The highest BCUT2D eigenvalue weighted by Crippen LogP contribution is 2.30. The standard InChI is InChI=1S/C16H11F3N4/c17-16(18,19)12-1-3-13(4-2-12)23-15-9-14(21-10-22-15)11-5-7-20-8-6-11/h1-10H,(H,21,22,23). The summed E-state index contributed by atoms with van der Waals surface area (Å²) in [6, 6.07) is 10.1. The van der Waals surface area contributed by atoms with E-state index < -0.39 is 11.7 Å². The molecule has 0 saturated carbocycles. The first-order chi connectivity index (χ1) is 11.0. The van der Waals surface area contributed by atoms with Gasteiger partial charge in [0.05, 0.1) is 11.3 Å². The molecule has 0 amide bonds. The van der Waals surface area contributed by atoms with Crippen LogP contribution in [-0.4, -0.2) is 15.0 Å². The third-order valence-electron chi connectivity index (χ3n) is 3.13. The van der Waals surface area contributed by atoms with Gasteiger partial charge in [-0.1, -0.05) is 0 Å². The summed E-state index contributed by atoms with van der Waals surface area (Å²) in [6.07, 6.45) is 0.352. The van der Waals surface area contributed by atoms with Gasteiger partial charge in [-0.15, -0.1) is 0 Å². The predicted octanol–water partition coefficient (Wildman–Crippen LogP) is 4.30. The van der Waals surface area contributed by atoms with Crippen LogP contribution in [0.25, 0.3) is 11.3 Å². The second-order valence-corrected chi connectivity index (χ2v) is 4.72. The van der Waals surface area contributed by atoms with E-state index in [0.29, 0.717) is 17.2 Å². The van der Waals surface area contributed by atoms with Gasteiger partial charge < -0.3 is 5.32 Å². The molecule has 2 aromatic heterocycles. The zero-order valence-electron chi connectivity index (χ0n) is 11.7. The van der Waals surface area contributed by atoms with Crippen LogP contribution in [0.2, 0.25) is 0 Å². The van der Waals surface area contributed by atoms with E-state index in [1.165, 1.54) is 18.5 Å². The highest BCUT2D eigenvalue weighted by molar-refractivity contribution is 5.64. The van der Waals surface area contributed by atoms with Crippen molar-refractivity contribution in [3.63, 3.8) is 0 Å². The van der Waals surface area contributed by atoms with E-state index >= 15 is 0 Å². The SMILES string of the molecule is FC(F)(F)c1ccc(Nc2cc(-c3ccncc3)ncn2)cc1. The molecule has 0 fully saturated rings. The summed E-state index contributed by atoms with van der Waals surface area (Å²) in [6.45, 7) is 0. The Morgan fingerprint density at radius 1 is 0.870 bits per heavy atom. The average molecular weight is 316 g/mol. The molecule has 0 aliphatic carbocycles. The van der Waals surface area contributed by atoms with Crippen LogP contribution in [0.4, 0.5) is 24.7 Å². The molecule has 2 heterocycles. The Balaban J connectivity index is 1.81. The second kappa shape index (κ2) is 6.04. The van der Waals surface area contributed by atoms with Gasteiger partial charge in [-0.3, -0.25) is 4.98 Å². The summed E-state index contributed by atoms with van der Waals surface area (Å²) in [4.78, 5) is 12.2. The van der Waals surface area contributed by atoms with Gasteiger partial charge in [-0.25, -0.2) is 9.97 Å². The van der Waals surface area contributed by atoms with Gasteiger partial charge in [-0.05, 0) is 36.4 Å². The number of nitrogens with zero attached hydrogens (tertiary/aromatic N) is 3. The van der Waals surface area contributed by atoms with Crippen LogP contribution in [-0.2, 0) is 6.18 Å². The summed E-state index contributed by atoms with van der Waals surface area (Å²) in [5.74, 6) is 0.492. The van der Waals surface area contributed by atoms with Crippen molar-refractivity contribution in [2.75, 3.05) is 5.32 Å². The van der Waals surface area contributed by atoms with Gasteiger partial charge in [0, 0.05) is 29.7 Å². The minimum absolute atomic E-state index is 0.492. The number of pyridine rings is 1. The van der Waals surface area contributed by atoms with Crippen LogP contribution in [0.3, 0.4) is 0 Å². The number of aromatic nitrogens is 3. The third-order valence-corrected chi connectivity index (χ3v) is 3.13. The monoisotopic (exact) mass is 316 g/mol. The van der Waals surface area contributed by atoms with Crippen molar-refractivity contribution in [2.24, 2.45) is 0 Å². The summed E-state index contributed by atoms with van der Waals surface area (Å²) < 4.78 is 37.6. The molecule has 1 N–H and O–H groups in total. The summed E-state index contributed by atoms with van der Waals surface area (Å²) in [5, 5.41) is 2.96. The van der Waals surface area contributed by atoms with E-state index in [0.717, 1.165) is 17.7 Å². The largest absolute Gasteiger partial charge is 0.416 e. The molecule has 0 aliphatic heterocycles. The number of benzene rings is 1. The molecule has 7 heteroatoms. The Labute approximate surface area is 130 Å². The minimum atomic E-state index is -4.35. The molecular weight excluding hydrogens is 305 g/mol. The first-order valence-electron chi connectivity index (χ1n) is 6.69. The van der Waals surface area contributed by atoms with Crippen LogP contribution in [0.15, 0.2) is 61.2 Å². The van der Waals surface area contributed by atoms with Crippen molar-refractivity contribution < 1.29 is 13.2 Å². The van der Waals surface area contributed by atoms with E-state index in [1.807, 2.05) is 12.1 Å². The number of hydrogen-bond donors (Lipinski definition) is 1. The lowest BCUT2D eigenvalue weighted by Gasteiger charge is -2.09. The van der Waals surface area contributed by atoms with Gasteiger partial charge >= 0.3 is 6.18 Å². The maximum absolute atomic E-state index is 12.5. The van der Waals surface area contributed by atoms with Crippen LogP contribution in [0.5, 0.6) is 0 Å². The number of hydrogen-bond acceptors (Lipinski definition) is 4. The van der Waals surface area contributed by atoms with Gasteiger partial charge in [0.25, 0.3) is 0 Å². The van der Waals surface area contributed by atoms with E-state index in [2.05, 4.69) is 20.3 Å². The quantitative estimate of drug-likeness (QED) is 0.782. The maximum atomic E-state index is 12.5. The van der Waals surface area contributed by atoms with Crippen molar-refractivity contribution in [1.82, 2.24) is 15.0 Å². The molecule has 4 nitrogen and oxygen atoms in total. The number of anilines is 2. The van der Waals surface area contributed by atoms with Crippen molar-refractivity contribution in [2.45, 2.75) is 6.18 Å². The van der Waals surface area contributed by atoms with Crippen molar-refractivity contribution in [3.8, 4) is 11.3 Å². The Hall–Kier alpha value is -2.96. The topological polar surface area (TPSA) is 50.7 Å². The molecule has 3 rings (SSSR count). The molecule has 0 radical (unpaired) electrons. The zero-order valence-corrected chi connectivity index (χ0v) is 11.7. The lowest BCUT2D eigenvalue weighted by molar-refractivity contribution is -0.137. The second-order valence-electron chi connectivity index (χ2n) is 4.72. The summed E-state index contributed by atoms with van der Waals surface area (Å²) in [7, 11) is 0. The smallest absolute Gasteiger partial charge is 0.340 e. The highest BCUT2D eigenvalue weighted by atomic mass is 19.4. The first kappa shape index (κ1) is 15.0. The number of nitrogens with one attached hydrogen (secondary N) is 1. The number of rotatable bonds is 3. The minimum Gasteiger partial charge on any atom is -0.340 e. The normalized spacial score (nSPS) is 11.3. The molecular formula is C16H11F3N4. The van der Waals surface area contributed by atoms with Crippen molar-refractivity contribution in [1.29, 1.82) is 0 Å². The fraction of sp³-hybridized carbons (Fsp3) is 0.0625. The van der Waals surface area contributed by atoms with Gasteiger partial charge in [0.2, 0.25) is 0 Å². The maximum Gasteiger partial charge on any atom is 0.416 e. The number of alkyl halides is 3. The molecule has 0 saturated heterocycles. The summed E-state index contributed by atoms with van der Waals surface area (Å²) >= 11 is 0. The van der Waals surface area contributed by atoms with Crippen molar-refractivity contribution in [3.05, 3.63) is 66.7 Å². The number of halogens is 3. The Bertz CT molecular complexity index is 786. The molecule has 0 aliphatic rings. The Morgan fingerprint density at radius 2 is 1.57 bits per heavy atom. The van der Waals surface area contributed by atoms with Crippen LogP contribution in [0, 0.1) is 0 Å². The Morgan fingerprint density at radius 3 is 2.22 bits per heavy atom. The molecule has 23 heavy (non-hydrogen) atoms. The highest BCUT2D eigenvalue weighted by Gasteiger charge is 2.29. The van der Waals surface area contributed by atoms with E-state index in [-0.39, 0.29) is 0 Å². The molecule has 0 atom stereocenters. The fourth-order valence-electron chi connectivity index (χ4n) is 2.00.